The van der Waals surface area contributed by atoms with Crippen LogP contribution in [0, 0.1) is 11.3 Å². The molecule has 1 saturated heterocycles. The molecular weight excluding hydrogens is 455 g/mol. The number of nitrogens with zero attached hydrogens (tertiary/aromatic N) is 2. The maximum Gasteiger partial charge on any atom is 0.191 e. The summed E-state index contributed by atoms with van der Waals surface area (Å²) >= 11 is 0. The zero-order valence-corrected chi connectivity index (χ0v) is 19.7. The molecule has 0 amide bonds. The Morgan fingerprint density at radius 3 is 2.56 bits per heavy atom. The Bertz CT molecular complexity index is 465. The van der Waals surface area contributed by atoms with Crippen LogP contribution < -0.4 is 10.6 Å². The highest BCUT2D eigenvalue weighted by atomic mass is 127. The third-order valence-corrected chi connectivity index (χ3v) is 6.85. The average molecular weight is 494 g/mol. The van der Waals surface area contributed by atoms with Gasteiger partial charge in [0.2, 0.25) is 0 Å². The van der Waals surface area contributed by atoms with Gasteiger partial charge in [0, 0.05) is 45.3 Å². The zero-order valence-electron chi connectivity index (χ0n) is 17.3. The largest absolute Gasteiger partial charge is 0.383 e. The fourth-order valence-corrected chi connectivity index (χ4v) is 4.88. The molecule has 0 aromatic heterocycles. The van der Waals surface area contributed by atoms with Crippen molar-refractivity contribution in [1.82, 2.24) is 15.5 Å². The van der Waals surface area contributed by atoms with Gasteiger partial charge in [-0.3, -0.25) is 4.99 Å². The van der Waals surface area contributed by atoms with E-state index in [1.54, 1.807) is 7.11 Å². The molecule has 6 nitrogen and oxygen atoms in total. The van der Waals surface area contributed by atoms with Crippen LogP contribution in [0.15, 0.2) is 4.99 Å². The molecule has 0 bridgehead atoms. The van der Waals surface area contributed by atoms with Gasteiger partial charge in [-0.25, -0.2) is 0 Å². The number of rotatable bonds is 8. The molecule has 2 N–H and O–H groups in total. The number of hydrogen-bond donors (Lipinski definition) is 2. The second kappa shape index (κ2) is 11.2. The Hall–Kier alpha value is -0.120. The van der Waals surface area contributed by atoms with Crippen LogP contribution in [0.5, 0.6) is 0 Å². The summed E-state index contributed by atoms with van der Waals surface area (Å²) in [6, 6.07) is 0.523. The van der Waals surface area contributed by atoms with E-state index in [9.17, 15) is 0 Å². The lowest BCUT2D eigenvalue weighted by Crippen LogP contribution is -2.68. The van der Waals surface area contributed by atoms with Crippen molar-refractivity contribution in [3.05, 3.63) is 0 Å². The number of halogens is 1. The molecule has 2 saturated carbocycles. The van der Waals surface area contributed by atoms with Gasteiger partial charge >= 0.3 is 0 Å². The summed E-state index contributed by atoms with van der Waals surface area (Å²) in [5, 5.41) is 7.28. The van der Waals surface area contributed by atoms with E-state index in [4.69, 9.17) is 9.47 Å². The molecule has 1 heterocycles. The van der Waals surface area contributed by atoms with Crippen molar-refractivity contribution < 1.29 is 9.47 Å². The zero-order chi connectivity index (χ0) is 18.4. The number of ether oxygens (including phenoxy) is 2. The SMILES string of the molecule is CCOC1CC(NC(=NC)NCC2CCN(CCOC)CC2)C12CCC2.I. The van der Waals surface area contributed by atoms with Crippen molar-refractivity contribution in [3.8, 4) is 0 Å². The van der Waals surface area contributed by atoms with Crippen LogP contribution in [0.25, 0.3) is 0 Å². The first kappa shape index (κ1) is 23.2. The molecule has 0 radical (unpaired) electrons. The van der Waals surface area contributed by atoms with Crippen molar-refractivity contribution >= 4 is 29.9 Å². The second-order valence-electron chi connectivity index (χ2n) is 8.19. The van der Waals surface area contributed by atoms with Crippen molar-refractivity contribution in [2.75, 3.05) is 53.6 Å². The molecule has 7 heteroatoms. The van der Waals surface area contributed by atoms with Gasteiger partial charge in [0.05, 0.1) is 12.7 Å². The normalized spacial score (nSPS) is 28.2. The molecular formula is C20H39IN4O2. The lowest BCUT2D eigenvalue weighted by Gasteiger charge is -2.61. The minimum absolute atomic E-state index is 0. The molecule has 27 heavy (non-hydrogen) atoms. The van der Waals surface area contributed by atoms with Crippen LogP contribution in [0.4, 0.5) is 0 Å². The minimum atomic E-state index is 0. The summed E-state index contributed by atoms with van der Waals surface area (Å²) in [5.41, 5.74) is 0.375. The first-order valence-electron chi connectivity index (χ1n) is 10.5. The molecule has 0 aromatic carbocycles. The number of nitrogens with one attached hydrogen (secondary N) is 2. The van der Waals surface area contributed by atoms with E-state index in [2.05, 4.69) is 27.4 Å². The van der Waals surface area contributed by atoms with Crippen LogP contribution >= 0.6 is 24.0 Å². The molecule has 2 unspecified atom stereocenters. The summed E-state index contributed by atoms with van der Waals surface area (Å²) in [6.45, 7) is 8.22. The molecule has 1 aliphatic heterocycles. The Kier molecular flexibility index (Phi) is 9.58. The van der Waals surface area contributed by atoms with E-state index in [0.29, 0.717) is 17.6 Å². The molecule has 0 aromatic rings. The van der Waals surface area contributed by atoms with Gasteiger partial charge in [0.15, 0.2) is 5.96 Å². The molecule has 1 spiro atoms. The summed E-state index contributed by atoms with van der Waals surface area (Å²) in [6.07, 6.45) is 8.02. The molecule has 2 aliphatic carbocycles. The number of guanidine groups is 1. The van der Waals surface area contributed by atoms with Crippen LogP contribution in [0.2, 0.25) is 0 Å². The first-order chi connectivity index (χ1) is 12.7. The molecule has 158 valence electrons. The smallest absolute Gasteiger partial charge is 0.191 e. The van der Waals surface area contributed by atoms with Crippen molar-refractivity contribution in [2.45, 2.75) is 57.6 Å². The van der Waals surface area contributed by atoms with Crippen molar-refractivity contribution in [1.29, 1.82) is 0 Å². The maximum absolute atomic E-state index is 5.96. The van der Waals surface area contributed by atoms with Gasteiger partial charge in [0.25, 0.3) is 0 Å². The van der Waals surface area contributed by atoms with E-state index >= 15 is 0 Å². The lowest BCUT2D eigenvalue weighted by atomic mass is 9.51. The second-order valence-corrected chi connectivity index (χ2v) is 8.19. The Labute approximate surface area is 182 Å². The fourth-order valence-electron chi connectivity index (χ4n) is 4.88. The van der Waals surface area contributed by atoms with Crippen LogP contribution in [0.3, 0.4) is 0 Å². The van der Waals surface area contributed by atoms with Gasteiger partial charge < -0.3 is 25.0 Å². The van der Waals surface area contributed by atoms with E-state index in [0.717, 1.165) is 44.6 Å². The molecule has 3 fully saturated rings. The summed E-state index contributed by atoms with van der Waals surface area (Å²) in [5.74, 6) is 1.71. The highest BCUT2D eigenvalue weighted by Crippen LogP contribution is 2.57. The van der Waals surface area contributed by atoms with Gasteiger partial charge in [-0.1, -0.05) is 6.42 Å². The minimum Gasteiger partial charge on any atom is -0.383 e. The van der Waals surface area contributed by atoms with Gasteiger partial charge in [-0.05, 0) is 58.0 Å². The molecule has 3 aliphatic rings. The third kappa shape index (κ3) is 5.48. The fraction of sp³-hybridized carbons (Fsp3) is 0.950. The number of likely N-dealkylation sites (tertiary alicyclic amines) is 1. The predicted molar refractivity (Wildman–Crippen MR) is 121 cm³/mol. The van der Waals surface area contributed by atoms with Gasteiger partial charge in [-0.15, -0.1) is 24.0 Å². The highest BCUT2D eigenvalue weighted by molar-refractivity contribution is 14.0. The summed E-state index contributed by atoms with van der Waals surface area (Å²) in [4.78, 5) is 6.98. The monoisotopic (exact) mass is 494 g/mol. The number of aliphatic imine (C=N–C) groups is 1. The van der Waals surface area contributed by atoms with Gasteiger partial charge in [-0.2, -0.15) is 0 Å². The molecule has 3 rings (SSSR count). The van der Waals surface area contributed by atoms with Crippen LogP contribution in [0.1, 0.15) is 45.4 Å². The quantitative estimate of drug-likeness (QED) is 0.309. The lowest BCUT2D eigenvalue weighted by molar-refractivity contribution is -0.168. The van der Waals surface area contributed by atoms with Gasteiger partial charge in [0.1, 0.15) is 0 Å². The number of piperidine rings is 1. The predicted octanol–water partition coefficient (Wildman–Crippen LogP) is 2.48. The van der Waals surface area contributed by atoms with E-state index in [1.165, 1.54) is 45.2 Å². The summed E-state index contributed by atoms with van der Waals surface area (Å²) in [7, 11) is 3.66. The first-order valence-corrected chi connectivity index (χ1v) is 10.5. The number of hydrogen-bond acceptors (Lipinski definition) is 4. The topological polar surface area (TPSA) is 58.1 Å². The highest BCUT2D eigenvalue weighted by Gasteiger charge is 2.59. The number of methoxy groups -OCH3 is 1. The third-order valence-electron chi connectivity index (χ3n) is 6.85. The van der Waals surface area contributed by atoms with Crippen LogP contribution in [-0.2, 0) is 9.47 Å². The Morgan fingerprint density at radius 1 is 1.26 bits per heavy atom. The average Bonchev–Trinajstić information content (AvgIpc) is 2.61. The Morgan fingerprint density at radius 2 is 2.00 bits per heavy atom. The van der Waals surface area contributed by atoms with Crippen molar-refractivity contribution in [2.24, 2.45) is 16.3 Å². The molecule has 2 atom stereocenters. The maximum atomic E-state index is 5.96. The van der Waals surface area contributed by atoms with Crippen LogP contribution in [-0.4, -0.2) is 76.6 Å². The summed E-state index contributed by atoms with van der Waals surface area (Å²) < 4.78 is 11.1. The standard InChI is InChI=1S/C20H38N4O2.HI/c1-4-26-18-14-17(20(18)8-5-9-20)23-19(21-2)22-15-16-6-10-24(11-7-16)12-13-25-3;/h16-18H,4-15H2,1-3H3,(H2,21,22,23);1H. The van der Waals surface area contributed by atoms with E-state index in [-0.39, 0.29) is 24.0 Å². The Balaban J connectivity index is 0.00000261. The van der Waals surface area contributed by atoms with E-state index < -0.39 is 0 Å². The van der Waals surface area contributed by atoms with E-state index in [1.807, 2.05) is 7.05 Å². The van der Waals surface area contributed by atoms with Crippen molar-refractivity contribution in [3.63, 3.8) is 0 Å².